The molecular weight excluding hydrogens is 604 g/mol. The number of hydrogen-bond donors (Lipinski definition) is 1. The number of piperidine rings is 2. The molecule has 2 saturated heterocycles. The number of rotatable bonds is 13. The van der Waals surface area contributed by atoms with E-state index in [1.165, 1.54) is 45.2 Å². The molecule has 0 bridgehead atoms. The van der Waals surface area contributed by atoms with E-state index < -0.39 is 0 Å². The lowest BCUT2D eigenvalue weighted by atomic mass is 9.87. The average molecular weight is 655 g/mol. The number of pyridine rings is 1. The van der Waals surface area contributed by atoms with Crippen LogP contribution in [-0.4, -0.2) is 59.3 Å². The fourth-order valence-electron chi connectivity index (χ4n) is 7.29. The molecule has 2 fully saturated rings. The van der Waals surface area contributed by atoms with Crippen molar-refractivity contribution in [3.05, 3.63) is 132 Å². The van der Waals surface area contributed by atoms with E-state index in [0.717, 1.165) is 77.6 Å². The van der Waals surface area contributed by atoms with Crippen molar-refractivity contribution in [3.8, 4) is 11.1 Å². The van der Waals surface area contributed by atoms with E-state index in [-0.39, 0.29) is 11.8 Å². The van der Waals surface area contributed by atoms with Gasteiger partial charge in [-0.25, -0.2) is 0 Å². The predicted molar refractivity (Wildman–Crippen MR) is 199 cm³/mol. The van der Waals surface area contributed by atoms with Gasteiger partial charge in [-0.2, -0.15) is 0 Å². The van der Waals surface area contributed by atoms with Crippen molar-refractivity contribution in [3.63, 3.8) is 0 Å². The third-order valence-electron chi connectivity index (χ3n) is 10.3. The van der Waals surface area contributed by atoms with Gasteiger partial charge >= 0.3 is 0 Å². The Kier molecular flexibility index (Phi) is 12.4. The topological polar surface area (TPSA) is 65.5 Å². The summed E-state index contributed by atoms with van der Waals surface area (Å²) in [4.78, 5) is 35.2. The lowest BCUT2D eigenvalue weighted by molar-refractivity contribution is -0.126. The number of carbonyl (C=O) groups excluding carboxylic acids is 2. The number of hydrogen-bond acceptors (Lipinski definition) is 4. The zero-order chi connectivity index (χ0) is 33.7. The Balaban J connectivity index is 1.07. The van der Waals surface area contributed by atoms with Crippen LogP contribution < -0.4 is 5.32 Å². The molecule has 0 aliphatic carbocycles. The normalized spacial score (nSPS) is 15.8. The number of amides is 2. The quantitative estimate of drug-likeness (QED) is 0.148. The largest absolute Gasteiger partial charge is 0.339 e. The van der Waals surface area contributed by atoms with Gasteiger partial charge in [-0.05, 0) is 121 Å². The van der Waals surface area contributed by atoms with Gasteiger partial charge in [0, 0.05) is 50.2 Å². The maximum atomic E-state index is 13.6. The molecule has 0 radical (unpaired) electrons. The van der Waals surface area contributed by atoms with Crippen molar-refractivity contribution in [1.82, 2.24) is 20.1 Å². The summed E-state index contributed by atoms with van der Waals surface area (Å²) in [5.41, 5.74) is 5.99. The molecule has 3 aromatic carbocycles. The van der Waals surface area contributed by atoms with Crippen LogP contribution in [0.3, 0.4) is 0 Å². The zero-order valence-electron chi connectivity index (χ0n) is 28.7. The molecule has 0 saturated carbocycles. The van der Waals surface area contributed by atoms with Gasteiger partial charge in [-0.15, -0.1) is 0 Å². The molecule has 2 amide bonds. The van der Waals surface area contributed by atoms with Crippen LogP contribution in [0.4, 0.5) is 0 Å². The maximum Gasteiger partial charge on any atom is 0.253 e. The Morgan fingerprint density at radius 3 is 2.22 bits per heavy atom. The maximum absolute atomic E-state index is 13.6. The Bertz CT molecular complexity index is 1660. The summed E-state index contributed by atoms with van der Waals surface area (Å²) in [6.45, 7) is 5.13. The van der Waals surface area contributed by atoms with Gasteiger partial charge in [-0.3, -0.25) is 14.6 Å². The first kappa shape index (κ1) is 34.3. The Hall–Kier alpha value is -4.55. The highest BCUT2D eigenvalue weighted by molar-refractivity contribution is 5.95. The number of benzene rings is 3. The minimum Gasteiger partial charge on any atom is -0.339 e. The lowest BCUT2D eigenvalue weighted by Crippen LogP contribution is -2.38. The number of nitrogens with zero attached hydrogens (tertiary/aromatic N) is 3. The summed E-state index contributed by atoms with van der Waals surface area (Å²) in [6.07, 6.45) is 16.7. The van der Waals surface area contributed by atoms with Crippen LogP contribution in [0, 0.1) is 11.8 Å². The standard InChI is InChI=1S/C43H50N4O2/c48-42(16-15-34-7-2-1-3-8-34)47(30-23-37-19-26-45-27-20-37)33-38-11-5-12-39(31-38)40-13-6-14-41(32-40)43(49)46-28-21-36(22-29-46)10-4-9-35-17-24-44-25-18-35/h1-3,5-8,11-16,19-20,26-27,31-32,35-36,44H,4,9-10,17-18,21-25,28-30,33H2/b16-15+. The summed E-state index contributed by atoms with van der Waals surface area (Å²) in [5, 5.41) is 3.47. The first-order valence-corrected chi connectivity index (χ1v) is 18.2. The second-order valence-corrected chi connectivity index (χ2v) is 13.8. The highest BCUT2D eigenvalue weighted by Gasteiger charge is 2.24. The van der Waals surface area contributed by atoms with Crippen molar-refractivity contribution in [2.24, 2.45) is 11.8 Å². The van der Waals surface area contributed by atoms with Crippen molar-refractivity contribution in [1.29, 1.82) is 0 Å². The second-order valence-electron chi connectivity index (χ2n) is 13.8. The molecule has 0 spiro atoms. The Labute approximate surface area is 292 Å². The van der Waals surface area contributed by atoms with Crippen LogP contribution in [0.2, 0.25) is 0 Å². The lowest BCUT2D eigenvalue weighted by Gasteiger charge is -2.32. The minimum absolute atomic E-state index is 0.0264. The summed E-state index contributed by atoms with van der Waals surface area (Å²) in [7, 11) is 0. The van der Waals surface area contributed by atoms with E-state index in [0.29, 0.717) is 13.1 Å². The SMILES string of the molecule is O=C(/C=C/c1ccccc1)N(CCc1ccncc1)Cc1cccc(-c2cccc(C(=O)N3CCC(CCCC4CCNCC4)CC3)c2)c1. The molecule has 1 N–H and O–H groups in total. The first-order valence-electron chi connectivity index (χ1n) is 18.2. The van der Waals surface area contributed by atoms with E-state index in [4.69, 9.17) is 0 Å². The van der Waals surface area contributed by atoms with Gasteiger partial charge < -0.3 is 15.1 Å². The fraction of sp³-hybridized carbons (Fsp3) is 0.372. The third kappa shape index (κ3) is 10.2. The molecule has 6 heteroatoms. The minimum atomic E-state index is -0.0264. The number of carbonyl (C=O) groups is 2. The Morgan fingerprint density at radius 2 is 1.47 bits per heavy atom. The number of nitrogens with one attached hydrogen (secondary N) is 1. The predicted octanol–water partition coefficient (Wildman–Crippen LogP) is 8.06. The van der Waals surface area contributed by atoms with Crippen LogP contribution in [0.25, 0.3) is 17.2 Å². The van der Waals surface area contributed by atoms with Gasteiger partial charge in [0.1, 0.15) is 0 Å². The molecule has 0 atom stereocenters. The zero-order valence-corrected chi connectivity index (χ0v) is 28.7. The highest BCUT2D eigenvalue weighted by Crippen LogP contribution is 2.28. The molecule has 254 valence electrons. The van der Waals surface area contributed by atoms with E-state index in [9.17, 15) is 9.59 Å². The molecule has 6 rings (SSSR count). The molecule has 3 heterocycles. The van der Waals surface area contributed by atoms with Gasteiger partial charge in [0.2, 0.25) is 5.91 Å². The van der Waals surface area contributed by atoms with Crippen LogP contribution in [-0.2, 0) is 17.8 Å². The van der Waals surface area contributed by atoms with Crippen molar-refractivity contribution in [2.45, 2.75) is 57.9 Å². The van der Waals surface area contributed by atoms with Crippen molar-refractivity contribution < 1.29 is 9.59 Å². The van der Waals surface area contributed by atoms with Crippen LogP contribution in [0.5, 0.6) is 0 Å². The summed E-state index contributed by atoms with van der Waals surface area (Å²) in [6, 6.07) is 30.3. The van der Waals surface area contributed by atoms with E-state index in [1.807, 2.05) is 82.6 Å². The first-order chi connectivity index (χ1) is 24.1. The second kappa shape index (κ2) is 17.7. The smallest absolute Gasteiger partial charge is 0.253 e. The molecule has 0 unspecified atom stereocenters. The summed E-state index contributed by atoms with van der Waals surface area (Å²) < 4.78 is 0. The summed E-state index contributed by atoms with van der Waals surface area (Å²) >= 11 is 0. The fourth-order valence-corrected chi connectivity index (χ4v) is 7.29. The molecule has 1 aromatic heterocycles. The van der Waals surface area contributed by atoms with Crippen LogP contribution >= 0.6 is 0 Å². The number of likely N-dealkylation sites (tertiary alicyclic amines) is 1. The van der Waals surface area contributed by atoms with Crippen LogP contribution in [0.15, 0.2) is 109 Å². The molecule has 4 aromatic rings. The molecule has 2 aliphatic rings. The third-order valence-corrected chi connectivity index (χ3v) is 10.3. The molecule has 6 nitrogen and oxygen atoms in total. The average Bonchev–Trinajstić information content (AvgIpc) is 3.17. The Morgan fingerprint density at radius 1 is 0.776 bits per heavy atom. The van der Waals surface area contributed by atoms with Gasteiger partial charge in [0.15, 0.2) is 0 Å². The molecular formula is C43H50N4O2. The highest BCUT2D eigenvalue weighted by atomic mass is 16.2. The number of aromatic nitrogens is 1. The van der Waals surface area contributed by atoms with Gasteiger partial charge in [0.05, 0.1) is 0 Å². The van der Waals surface area contributed by atoms with E-state index >= 15 is 0 Å². The van der Waals surface area contributed by atoms with Crippen molar-refractivity contribution >= 4 is 17.9 Å². The monoisotopic (exact) mass is 654 g/mol. The molecule has 2 aliphatic heterocycles. The van der Waals surface area contributed by atoms with E-state index in [1.54, 1.807) is 18.5 Å². The van der Waals surface area contributed by atoms with Gasteiger partial charge in [-0.1, -0.05) is 79.9 Å². The van der Waals surface area contributed by atoms with Gasteiger partial charge in [0.25, 0.3) is 5.91 Å². The van der Waals surface area contributed by atoms with E-state index in [2.05, 4.69) is 34.6 Å². The summed E-state index contributed by atoms with van der Waals surface area (Å²) in [5.74, 6) is 1.74. The van der Waals surface area contributed by atoms with Crippen LogP contribution in [0.1, 0.15) is 72.0 Å². The molecule has 49 heavy (non-hydrogen) atoms. The van der Waals surface area contributed by atoms with Crippen molar-refractivity contribution in [2.75, 3.05) is 32.7 Å².